The molecule has 3 aliphatic rings. The quantitative estimate of drug-likeness (QED) is 0.283. The molecular formula is C32H23Cl2F3N2O3. The second-order valence-electron chi connectivity index (χ2n) is 10.2. The Bertz CT molecular complexity index is 1610. The number of alkyl halides is 3. The van der Waals surface area contributed by atoms with Crippen molar-refractivity contribution in [3.8, 4) is 0 Å². The van der Waals surface area contributed by atoms with Crippen molar-refractivity contribution in [1.29, 1.82) is 0 Å². The molecule has 3 aromatic rings. The maximum Gasteiger partial charge on any atom is 0.435 e. The van der Waals surface area contributed by atoms with E-state index in [-0.39, 0.29) is 39.2 Å². The lowest BCUT2D eigenvalue weighted by atomic mass is 9.86. The molecule has 3 atom stereocenters. The first-order chi connectivity index (χ1) is 20.1. The lowest BCUT2D eigenvalue weighted by Crippen LogP contribution is -2.42. The van der Waals surface area contributed by atoms with E-state index < -0.39 is 18.2 Å². The number of hydrogen-bond acceptors (Lipinski definition) is 4. The van der Waals surface area contributed by atoms with E-state index in [4.69, 9.17) is 32.8 Å². The van der Waals surface area contributed by atoms with Gasteiger partial charge < -0.3 is 14.5 Å². The molecule has 0 aromatic heterocycles. The van der Waals surface area contributed by atoms with Gasteiger partial charge in [-0.1, -0.05) is 89.1 Å². The zero-order valence-electron chi connectivity index (χ0n) is 21.9. The molecule has 0 bridgehead atoms. The first-order valence-electron chi connectivity index (χ1n) is 13.1. The summed E-state index contributed by atoms with van der Waals surface area (Å²) < 4.78 is 49.1. The fraction of sp³-hybridized carbons (Fsp3) is 0.188. The second-order valence-corrected chi connectivity index (χ2v) is 11.0. The second kappa shape index (κ2) is 11.0. The van der Waals surface area contributed by atoms with Crippen molar-refractivity contribution in [2.75, 3.05) is 0 Å². The summed E-state index contributed by atoms with van der Waals surface area (Å²) in [6.07, 6.45) is 4.00. The average molecular weight is 611 g/mol. The van der Waals surface area contributed by atoms with E-state index in [0.717, 1.165) is 11.3 Å². The van der Waals surface area contributed by atoms with Crippen LogP contribution in [-0.4, -0.2) is 28.7 Å². The van der Waals surface area contributed by atoms with Gasteiger partial charge in [0.05, 0.1) is 17.7 Å². The van der Waals surface area contributed by atoms with Crippen LogP contribution in [0.2, 0.25) is 10.0 Å². The number of nitrogens with zero attached hydrogens (tertiary/aromatic N) is 2. The maximum absolute atomic E-state index is 14.3. The van der Waals surface area contributed by atoms with E-state index in [1.165, 1.54) is 18.2 Å². The number of ether oxygens (including phenoxy) is 1. The lowest BCUT2D eigenvalue weighted by Gasteiger charge is -2.29. The Balaban J connectivity index is 1.15. The van der Waals surface area contributed by atoms with Crippen LogP contribution in [-0.2, 0) is 21.8 Å². The molecule has 2 heterocycles. The SMILES string of the molecule is O=C(c1ccc(C2=NOC(c3cc(Cl)cc(Cl)c3)(C(F)(F)F)C2)cc1)N1C=CC2C(OCc3ccccc3)=CC=CC21. The van der Waals surface area contributed by atoms with Gasteiger partial charge in [-0.25, -0.2) is 0 Å². The Morgan fingerprint density at radius 1 is 1.02 bits per heavy atom. The largest absolute Gasteiger partial charge is 0.493 e. The molecule has 1 amide bonds. The highest BCUT2D eigenvalue weighted by Gasteiger charge is 2.62. The van der Waals surface area contributed by atoms with E-state index in [1.54, 1.807) is 35.4 Å². The molecule has 0 radical (unpaired) electrons. The van der Waals surface area contributed by atoms with Crippen molar-refractivity contribution in [3.05, 3.63) is 141 Å². The molecule has 3 unspecified atom stereocenters. The summed E-state index contributed by atoms with van der Waals surface area (Å²) in [6, 6.07) is 19.5. The number of benzene rings is 3. The van der Waals surface area contributed by atoms with Gasteiger partial charge in [-0.05, 0) is 47.5 Å². The Morgan fingerprint density at radius 3 is 2.43 bits per heavy atom. The van der Waals surface area contributed by atoms with Crippen molar-refractivity contribution >= 4 is 34.8 Å². The lowest BCUT2D eigenvalue weighted by molar-refractivity contribution is -0.275. The Labute approximate surface area is 250 Å². The van der Waals surface area contributed by atoms with Gasteiger partial charge in [0, 0.05) is 33.8 Å². The standard InChI is InChI=1S/C32H23Cl2F3N2O3/c33-24-15-23(16-25(34)17-24)31(32(35,36)37)18-27(38-42-31)21-9-11-22(12-10-21)30(40)39-14-13-26-28(39)7-4-8-29(26)41-19-20-5-2-1-3-6-20/h1-17,26,28H,18-19H2. The molecule has 5 nitrogen and oxygen atoms in total. The van der Waals surface area contributed by atoms with E-state index in [2.05, 4.69) is 5.16 Å². The number of oxime groups is 1. The summed E-state index contributed by atoms with van der Waals surface area (Å²) >= 11 is 12.0. The molecule has 42 heavy (non-hydrogen) atoms. The first-order valence-corrected chi connectivity index (χ1v) is 13.9. The number of halogens is 5. The minimum atomic E-state index is -4.80. The number of fused-ring (bicyclic) bond motifs is 1. The van der Waals surface area contributed by atoms with Crippen LogP contribution in [0.4, 0.5) is 13.2 Å². The smallest absolute Gasteiger partial charge is 0.435 e. The number of rotatable bonds is 6. The summed E-state index contributed by atoms with van der Waals surface area (Å²) in [7, 11) is 0. The Kier molecular flexibility index (Phi) is 7.37. The van der Waals surface area contributed by atoms with E-state index in [1.807, 2.05) is 54.6 Å². The molecule has 10 heteroatoms. The third kappa shape index (κ3) is 5.21. The van der Waals surface area contributed by atoms with Gasteiger partial charge in [-0.2, -0.15) is 13.2 Å². The minimum Gasteiger partial charge on any atom is -0.493 e. The molecule has 0 saturated heterocycles. The predicted molar refractivity (Wildman–Crippen MR) is 154 cm³/mol. The van der Waals surface area contributed by atoms with Crippen molar-refractivity contribution in [2.45, 2.75) is 30.8 Å². The summed E-state index contributed by atoms with van der Waals surface area (Å²) in [5.41, 5.74) is -1.07. The third-order valence-corrected chi connectivity index (χ3v) is 7.94. The molecule has 0 fully saturated rings. The van der Waals surface area contributed by atoms with Crippen LogP contribution < -0.4 is 0 Å². The van der Waals surface area contributed by atoms with E-state index in [0.29, 0.717) is 17.7 Å². The fourth-order valence-corrected chi connectivity index (χ4v) is 5.84. The zero-order chi connectivity index (χ0) is 29.5. The maximum atomic E-state index is 14.3. The molecular weight excluding hydrogens is 588 g/mol. The van der Waals surface area contributed by atoms with Gasteiger partial charge in [-0.15, -0.1) is 0 Å². The number of amides is 1. The molecule has 3 aromatic carbocycles. The highest BCUT2D eigenvalue weighted by atomic mass is 35.5. The summed E-state index contributed by atoms with van der Waals surface area (Å²) in [6.45, 7) is 0.417. The Morgan fingerprint density at radius 2 is 1.74 bits per heavy atom. The third-order valence-electron chi connectivity index (χ3n) is 7.50. The molecule has 0 N–H and O–H groups in total. The first kappa shape index (κ1) is 28.1. The fourth-order valence-electron chi connectivity index (χ4n) is 5.31. The molecule has 0 saturated carbocycles. The van der Waals surface area contributed by atoms with Crippen molar-refractivity contribution in [1.82, 2.24) is 4.90 Å². The van der Waals surface area contributed by atoms with Gasteiger partial charge in [-0.3, -0.25) is 4.79 Å². The van der Waals surface area contributed by atoms with Crippen molar-refractivity contribution in [2.24, 2.45) is 11.1 Å². The van der Waals surface area contributed by atoms with Gasteiger partial charge in [0.1, 0.15) is 12.4 Å². The summed E-state index contributed by atoms with van der Waals surface area (Å²) in [4.78, 5) is 20.2. The van der Waals surface area contributed by atoms with Crippen LogP contribution >= 0.6 is 23.2 Å². The van der Waals surface area contributed by atoms with Crippen LogP contribution in [0.1, 0.15) is 33.5 Å². The van der Waals surface area contributed by atoms with Crippen LogP contribution in [0.3, 0.4) is 0 Å². The van der Waals surface area contributed by atoms with Gasteiger partial charge >= 0.3 is 6.18 Å². The molecule has 2 aliphatic heterocycles. The normalized spacial score (nSPS) is 22.8. The molecule has 6 rings (SSSR count). The van der Waals surface area contributed by atoms with Gasteiger partial charge in [0.25, 0.3) is 11.5 Å². The van der Waals surface area contributed by atoms with Crippen molar-refractivity contribution in [3.63, 3.8) is 0 Å². The number of allylic oxidation sites excluding steroid dienone is 2. The predicted octanol–water partition coefficient (Wildman–Crippen LogP) is 8.20. The number of carbonyl (C=O) groups excluding carboxylic acids is 1. The Hall–Kier alpha value is -4.01. The summed E-state index contributed by atoms with van der Waals surface area (Å²) in [5, 5.41) is 3.90. The highest BCUT2D eigenvalue weighted by Crippen LogP contribution is 2.49. The van der Waals surface area contributed by atoms with Gasteiger partial charge in [0.15, 0.2) is 0 Å². The highest BCUT2D eigenvalue weighted by molar-refractivity contribution is 6.34. The van der Waals surface area contributed by atoms with Crippen LogP contribution in [0, 0.1) is 5.92 Å². The van der Waals surface area contributed by atoms with E-state index in [9.17, 15) is 18.0 Å². The van der Waals surface area contributed by atoms with Crippen LogP contribution in [0.15, 0.2) is 114 Å². The number of carbonyl (C=O) groups is 1. The van der Waals surface area contributed by atoms with E-state index >= 15 is 0 Å². The molecule has 214 valence electrons. The molecule has 1 aliphatic carbocycles. The topological polar surface area (TPSA) is 51.1 Å². The monoisotopic (exact) mass is 610 g/mol. The minimum absolute atomic E-state index is 0.0532. The van der Waals surface area contributed by atoms with Crippen LogP contribution in [0.5, 0.6) is 0 Å². The van der Waals surface area contributed by atoms with Gasteiger partial charge in [0.2, 0.25) is 0 Å². The van der Waals surface area contributed by atoms with Crippen molar-refractivity contribution < 1.29 is 27.5 Å². The zero-order valence-corrected chi connectivity index (χ0v) is 23.4. The summed E-state index contributed by atoms with van der Waals surface area (Å²) in [5.74, 6) is 0.395. The number of hydrogen-bond donors (Lipinski definition) is 0. The van der Waals surface area contributed by atoms with Crippen LogP contribution in [0.25, 0.3) is 0 Å². The average Bonchev–Trinajstić information content (AvgIpc) is 3.62. The molecule has 0 spiro atoms.